The number of aryl methyl sites for hydroxylation is 2. The third-order valence-corrected chi connectivity index (χ3v) is 4.54. The van der Waals surface area contributed by atoms with Gasteiger partial charge in [-0.15, -0.1) is 0 Å². The third-order valence-electron chi connectivity index (χ3n) is 4.54. The molecule has 1 unspecified atom stereocenters. The first-order chi connectivity index (χ1) is 12.9. The van der Waals surface area contributed by atoms with E-state index in [4.69, 9.17) is 0 Å². The molecule has 0 amide bonds. The van der Waals surface area contributed by atoms with Crippen LogP contribution in [0.3, 0.4) is 0 Å². The summed E-state index contributed by atoms with van der Waals surface area (Å²) in [5.74, 6) is -1.31. The molecule has 5 heteroatoms. The Kier molecular flexibility index (Phi) is 7.80. The van der Waals surface area contributed by atoms with Gasteiger partial charge in [0.15, 0.2) is 11.6 Å². The molecule has 0 aliphatic carbocycles. The van der Waals surface area contributed by atoms with Crippen molar-refractivity contribution in [2.75, 3.05) is 18.4 Å². The van der Waals surface area contributed by atoms with E-state index in [9.17, 15) is 8.78 Å². The zero-order chi connectivity index (χ0) is 19.8. The normalized spacial score (nSPS) is 11.8. The fourth-order valence-electron chi connectivity index (χ4n) is 2.94. The van der Waals surface area contributed by atoms with E-state index in [-0.39, 0.29) is 0 Å². The summed E-state index contributed by atoms with van der Waals surface area (Å²) < 4.78 is 26.6. The maximum Gasteiger partial charge on any atom is 0.160 e. The summed E-state index contributed by atoms with van der Waals surface area (Å²) in [4.78, 5) is 3.34. The average Bonchev–Trinajstić information content (AvgIpc) is 2.69. The largest absolute Gasteiger partial charge is 0.365 e. The Bertz CT molecular complexity index is 813. The number of benzene rings is 1. The lowest BCUT2D eigenvalue weighted by Gasteiger charge is -2.13. The second-order valence-corrected chi connectivity index (χ2v) is 6.84. The topological polar surface area (TPSA) is 39.9 Å². The quantitative estimate of drug-likeness (QED) is 0.530. The van der Waals surface area contributed by atoms with Crippen LogP contribution in [0.2, 0.25) is 0 Å². The molecule has 0 saturated heterocycles. The van der Waals surface area contributed by atoms with Crippen LogP contribution < -0.4 is 10.6 Å². The number of hydrogen-bond donors (Lipinski definition) is 3. The molecule has 146 valence electrons. The molecule has 0 aliphatic rings. The van der Waals surface area contributed by atoms with Gasteiger partial charge in [0.05, 0.1) is 0 Å². The van der Waals surface area contributed by atoms with E-state index in [0.29, 0.717) is 11.6 Å². The molecule has 1 aromatic carbocycles. The van der Waals surface area contributed by atoms with Gasteiger partial charge in [-0.1, -0.05) is 19.9 Å². The maximum absolute atomic E-state index is 13.5. The van der Waals surface area contributed by atoms with Crippen LogP contribution in [0, 0.1) is 25.5 Å². The van der Waals surface area contributed by atoms with Crippen LogP contribution in [0.25, 0.3) is 0 Å². The summed E-state index contributed by atoms with van der Waals surface area (Å²) in [6.07, 6.45) is 3.11. The number of anilines is 2. The molecule has 1 aromatic heterocycles. The van der Waals surface area contributed by atoms with Gasteiger partial charge in [0.2, 0.25) is 0 Å². The van der Waals surface area contributed by atoms with E-state index in [2.05, 4.69) is 48.7 Å². The Balaban J connectivity index is 2.33. The molecule has 0 fully saturated rings. The fourth-order valence-corrected chi connectivity index (χ4v) is 2.94. The van der Waals surface area contributed by atoms with Crippen molar-refractivity contribution in [2.24, 2.45) is 0 Å². The van der Waals surface area contributed by atoms with Gasteiger partial charge >= 0.3 is 0 Å². The van der Waals surface area contributed by atoms with Gasteiger partial charge in [-0.25, -0.2) is 8.78 Å². The van der Waals surface area contributed by atoms with Gasteiger partial charge in [0, 0.05) is 29.3 Å². The molecule has 27 heavy (non-hydrogen) atoms. The molecule has 2 aromatic rings. The van der Waals surface area contributed by atoms with Gasteiger partial charge in [-0.2, -0.15) is 0 Å². The Morgan fingerprint density at radius 3 is 2.41 bits per heavy atom. The minimum absolute atomic E-state index is 0.412. The van der Waals surface area contributed by atoms with Crippen molar-refractivity contribution in [3.05, 3.63) is 71.1 Å². The predicted molar refractivity (Wildman–Crippen MR) is 109 cm³/mol. The summed E-state index contributed by atoms with van der Waals surface area (Å²) in [6, 6.07) is 9.74. The Hall–Kier alpha value is -2.40. The van der Waals surface area contributed by atoms with Crippen molar-refractivity contribution in [1.29, 1.82) is 0 Å². The molecule has 0 spiro atoms. The Morgan fingerprint density at radius 2 is 1.70 bits per heavy atom. The molecule has 1 heterocycles. The van der Waals surface area contributed by atoms with Crippen LogP contribution in [0.15, 0.2) is 42.6 Å². The smallest absolute Gasteiger partial charge is 0.160 e. The second-order valence-electron chi connectivity index (χ2n) is 6.84. The monoisotopic (exact) mass is 373 g/mol. The highest BCUT2D eigenvalue weighted by Gasteiger charge is 2.07. The first-order valence-corrected chi connectivity index (χ1v) is 9.37. The Morgan fingerprint density at radius 1 is 1.00 bits per heavy atom. The molecule has 0 saturated carbocycles. The number of halogens is 2. The first kappa shape index (κ1) is 20.9. The molecular weight excluding hydrogens is 344 g/mol. The zero-order valence-corrected chi connectivity index (χ0v) is 16.5. The number of aromatic amines is 1. The van der Waals surface area contributed by atoms with Crippen LogP contribution >= 0.6 is 0 Å². The van der Waals surface area contributed by atoms with Crippen LogP contribution in [0.1, 0.15) is 43.0 Å². The summed E-state index contributed by atoms with van der Waals surface area (Å²) in [6.45, 7) is 10.3. The molecule has 1 atom stereocenters. The lowest BCUT2D eigenvalue weighted by atomic mass is 9.96. The molecule has 0 bridgehead atoms. The fraction of sp³-hybridized carbons (Fsp3) is 0.364. The third kappa shape index (κ3) is 6.36. The first-order valence-electron chi connectivity index (χ1n) is 9.37. The minimum Gasteiger partial charge on any atom is -0.365 e. The van der Waals surface area contributed by atoms with Crippen molar-refractivity contribution in [3.8, 4) is 0 Å². The summed E-state index contributed by atoms with van der Waals surface area (Å²) in [5, 5.41) is 6.51. The van der Waals surface area contributed by atoms with E-state index < -0.39 is 11.6 Å². The van der Waals surface area contributed by atoms with Crippen molar-refractivity contribution in [1.82, 2.24) is 10.3 Å². The van der Waals surface area contributed by atoms with E-state index in [1.807, 2.05) is 19.1 Å². The van der Waals surface area contributed by atoms with Crippen LogP contribution in [-0.4, -0.2) is 18.1 Å². The number of nitrogens with one attached hydrogen (secondary N) is 3. The minimum atomic E-state index is -0.868. The molecule has 3 nitrogen and oxygen atoms in total. The van der Waals surface area contributed by atoms with Gasteiger partial charge < -0.3 is 15.6 Å². The average molecular weight is 373 g/mol. The Labute approximate surface area is 160 Å². The molecule has 0 aliphatic heterocycles. The van der Waals surface area contributed by atoms with E-state index in [1.54, 1.807) is 0 Å². The summed E-state index contributed by atoms with van der Waals surface area (Å²) in [7, 11) is 0. The van der Waals surface area contributed by atoms with Gasteiger partial charge in [-0.3, -0.25) is 0 Å². The number of H-pyrrole nitrogens is 1. The van der Waals surface area contributed by atoms with Crippen molar-refractivity contribution >= 4 is 11.4 Å². The second kappa shape index (κ2) is 10.1. The van der Waals surface area contributed by atoms with Crippen LogP contribution in [-0.2, 0) is 0 Å². The summed E-state index contributed by atoms with van der Waals surface area (Å²) >= 11 is 0. The highest BCUT2D eigenvalue weighted by molar-refractivity contribution is 5.59. The molecule has 0 radical (unpaired) electrons. The van der Waals surface area contributed by atoms with Gasteiger partial charge in [0.25, 0.3) is 0 Å². The number of hydrogen-bond acceptors (Lipinski definition) is 2. The highest BCUT2D eigenvalue weighted by atomic mass is 19.2. The molecule has 3 N–H and O–H groups in total. The SMILES string of the molecule is CCNCCC(C)c1c[nH]c(C)cc(Nc2ccc(F)c(F)c2)ccc1C. The highest BCUT2D eigenvalue weighted by Crippen LogP contribution is 2.22. The van der Waals surface area contributed by atoms with Crippen molar-refractivity contribution in [3.63, 3.8) is 0 Å². The van der Waals surface area contributed by atoms with E-state index >= 15 is 0 Å². The standard InChI is InChI=1S/C22H29F2N3/c1-5-25-11-10-16(3)20-14-26-17(4)12-18(7-6-15(20)2)27-19-8-9-21(23)22(24)13-19/h6-9,12-14,16,25-27H,5,10-11H2,1-4H3. The van der Waals surface area contributed by atoms with Gasteiger partial charge in [-0.05, 0) is 74.7 Å². The van der Waals surface area contributed by atoms with Crippen LogP contribution in [0.4, 0.5) is 20.2 Å². The molecule has 2 rings (SSSR count). The zero-order valence-electron chi connectivity index (χ0n) is 16.5. The van der Waals surface area contributed by atoms with Gasteiger partial charge in [0.1, 0.15) is 0 Å². The van der Waals surface area contributed by atoms with E-state index in [1.165, 1.54) is 17.2 Å². The van der Waals surface area contributed by atoms with Crippen molar-refractivity contribution < 1.29 is 8.78 Å². The number of aromatic nitrogens is 1. The molecular formula is C22H29F2N3. The maximum atomic E-state index is 13.5. The summed E-state index contributed by atoms with van der Waals surface area (Å²) in [5.41, 5.74) is 4.67. The predicted octanol–water partition coefficient (Wildman–Crippen LogP) is 5.88. The van der Waals surface area contributed by atoms with Crippen molar-refractivity contribution in [2.45, 2.75) is 40.0 Å². The lowest BCUT2D eigenvalue weighted by Crippen LogP contribution is -2.16. The number of rotatable bonds is 7. The van der Waals surface area contributed by atoms with E-state index in [0.717, 1.165) is 43.0 Å². The lowest BCUT2D eigenvalue weighted by molar-refractivity contribution is 0.509. The van der Waals surface area contributed by atoms with Crippen LogP contribution in [0.5, 0.6) is 0 Å².